The molecule has 1 saturated heterocycles. The molecule has 0 aliphatic carbocycles. The van der Waals surface area contributed by atoms with Crippen LogP contribution in [0.25, 0.3) is 0 Å². The van der Waals surface area contributed by atoms with E-state index in [0.29, 0.717) is 4.88 Å². The maximum atomic E-state index is 12.0. The van der Waals surface area contributed by atoms with Crippen molar-refractivity contribution >= 4 is 34.1 Å². The molecule has 0 bridgehead atoms. The Labute approximate surface area is 126 Å². The summed E-state index contributed by atoms with van der Waals surface area (Å²) in [6.07, 6.45) is 2.27. The summed E-state index contributed by atoms with van der Waals surface area (Å²) in [6, 6.07) is 0. The van der Waals surface area contributed by atoms with Gasteiger partial charge in [0.05, 0.1) is 6.61 Å². The molecule has 0 radical (unpaired) electrons. The van der Waals surface area contributed by atoms with Crippen molar-refractivity contribution in [3.63, 3.8) is 0 Å². The number of nitrogens with zero attached hydrogens (tertiary/aromatic N) is 2. The van der Waals surface area contributed by atoms with Crippen LogP contribution in [0.2, 0.25) is 0 Å². The Hall–Kier alpha value is -1.87. The summed E-state index contributed by atoms with van der Waals surface area (Å²) in [5.74, 6) is -0.571. The molecule has 0 aromatic carbocycles. The number of hydrogen-bond donors (Lipinski definition) is 3. The number of carbonyl (C=O) groups is 2. The Kier molecular flexibility index (Phi) is 5.34. The topological polar surface area (TPSA) is 124 Å². The van der Waals surface area contributed by atoms with E-state index in [1.165, 1.54) is 11.3 Å². The number of rotatable bonds is 7. The van der Waals surface area contributed by atoms with Crippen LogP contribution in [0.4, 0.5) is 10.9 Å². The monoisotopic (exact) mass is 313 g/mol. The quantitative estimate of drug-likeness (QED) is 0.586. The van der Waals surface area contributed by atoms with Crippen molar-refractivity contribution < 1.29 is 14.3 Å². The normalized spacial score (nSPS) is 14.4. The largest absolute Gasteiger partial charge is 0.382 e. The molecule has 21 heavy (non-hydrogen) atoms. The van der Waals surface area contributed by atoms with Crippen molar-refractivity contribution in [1.29, 1.82) is 0 Å². The highest BCUT2D eigenvalue weighted by molar-refractivity contribution is 7.18. The first-order valence-corrected chi connectivity index (χ1v) is 7.55. The van der Waals surface area contributed by atoms with E-state index in [4.69, 9.17) is 16.2 Å². The molecule has 8 nitrogen and oxygen atoms in total. The fourth-order valence-electron chi connectivity index (χ4n) is 2.02. The van der Waals surface area contributed by atoms with Gasteiger partial charge in [-0.05, 0) is 12.8 Å². The highest BCUT2D eigenvalue weighted by Gasteiger charge is 2.21. The number of nitrogens with one attached hydrogen (secondary N) is 1. The summed E-state index contributed by atoms with van der Waals surface area (Å²) in [5.41, 5.74) is 10.7. The zero-order valence-electron chi connectivity index (χ0n) is 11.6. The number of primary amides is 1. The summed E-state index contributed by atoms with van der Waals surface area (Å²) in [5, 5.41) is 3.47. The molecule has 0 atom stereocenters. The van der Waals surface area contributed by atoms with Gasteiger partial charge in [0.2, 0.25) is 5.91 Å². The van der Waals surface area contributed by atoms with Crippen LogP contribution in [0.15, 0.2) is 0 Å². The first-order valence-electron chi connectivity index (χ1n) is 6.73. The maximum absolute atomic E-state index is 12.0. The summed E-state index contributed by atoms with van der Waals surface area (Å²) >= 11 is 1.30. The van der Waals surface area contributed by atoms with Crippen LogP contribution in [0.1, 0.15) is 22.5 Å². The van der Waals surface area contributed by atoms with Gasteiger partial charge < -0.3 is 26.4 Å². The summed E-state index contributed by atoms with van der Waals surface area (Å²) in [6.45, 7) is 2.25. The number of aromatic nitrogens is 1. The Morgan fingerprint density at radius 2 is 2.10 bits per heavy atom. The Bertz CT molecular complexity index is 513. The van der Waals surface area contributed by atoms with Gasteiger partial charge in [0, 0.05) is 19.6 Å². The summed E-state index contributed by atoms with van der Waals surface area (Å²) in [4.78, 5) is 29.3. The number of ether oxygens (including phenoxy) is 1. The van der Waals surface area contributed by atoms with Crippen LogP contribution < -0.4 is 21.7 Å². The van der Waals surface area contributed by atoms with E-state index in [1.807, 2.05) is 0 Å². The lowest BCUT2D eigenvalue weighted by molar-refractivity contribution is -0.122. The molecule has 0 spiro atoms. The highest BCUT2D eigenvalue weighted by atomic mass is 32.1. The van der Waals surface area contributed by atoms with Gasteiger partial charge in [-0.3, -0.25) is 9.59 Å². The van der Waals surface area contributed by atoms with Crippen molar-refractivity contribution in [1.82, 2.24) is 10.3 Å². The number of thiazole rings is 1. The fourth-order valence-corrected chi connectivity index (χ4v) is 2.97. The number of amides is 2. The number of hydrogen-bond acceptors (Lipinski definition) is 7. The second kappa shape index (κ2) is 7.23. The summed E-state index contributed by atoms with van der Waals surface area (Å²) < 4.78 is 4.96. The summed E-state index contributed by atoms with van der Waals surface area (Å²) in [7, 11) is 0. The minimum atomic E-state index is -0.539. The van der Waals surface area contributed by atoms with Gasteiger partial charge in [-0.1, -0.05) is 11.3 Å². The van der Waals surface area contributed by atoms with Crippen molar-refractivity contribution in [3.8, 4) is 0 Å². The second-order valence-corrected chi connectivity index (χ2v) is 5.66. The zero-order valence-corrected chi connectivity index (χ0v) is 12.4. The molecule has 2 amide bonds. The van der Waals surface area contributed by atoms with Crippen LogP contribution in [-0.2, 0) is 9.53 Å². The van der Waals surface area contributed by atoms with E-state index < -0.39 is 5.91 Å². The predicted octanol–water partition coefficient (Wildman–Crippen LogP) is -0.443. The minimum absolute atomic E-state index is 0.155. The molecule has 1 aliphatic rings. The lowest BCUT2D eigenvalue weighted by atomic mass is 10.4. The van der Waals surface area contributed by atoms with Crippen LogP contribution in [0.3, 0.4) is 0 Å². The van der Waals surface area contributed by atoms with Crippen LogP contribution in [-0.4, -0.2) is 49.6 Å². The Morgan fingerprint density at radius 3 is 2.76 bits per heavy atom. The molecule has 0 unspecified atom stereocenters. The molecule has 1 fully saturated rings. The van der Waals surface area contributed by atoms with E-state index >= 15 is 0 Å². The molecule has 2 rings (SSSR count). The van der Waals surface area contributed by atoms with Gasteiger partial charge in [-0.15, -0.1) is 0 Å². The third-order valence-corrected chi connectivity index (χ3v) is 4.13. The third kappa shape index (κ3) is 4.30. The number of anilines is 2. The fraction of sp³-hybridized carbons (Fsp3) is 0.583. The molecule has 9 heteroatoms. The second-order valence-electron chi connectivity index (χ2n) is 4.68. The van der Waals surface area contributed by atoms with Crippen molar-refractivity contribution in [3.05, 3.63) is 4.88 Å². The average Bonchev–Trinajstić information content (AvgIpc) is 3.06. The van der Waals surface area contributed by atoms with Gasteiger partial charge in [0.1, 0.15) is 17.3 Å². The van der Waals surface area contributed by atoms with E-state index in [1.54, 1.807) is 0 Å². The van der Waals surface area contributed by atoms with E-state index in [2.05, 4.69) is 15.2 Å². The highest BCUT2D eigenvalue weighted by Crippen LogP contribution is 2.30. The first kappa shape index (κ1) is 15.5. The molecular weight excluding hydrogens is 294 g/mol. The van der Waals surface area contributed by atoms with Crippen LogP contribution in [0.5, 0.6) is 0 Å². The van der Waals surface area contributed by atoms with E-state index in [9.17, 15) is 9.59 Å². The Balaban J connectivity index is 1.83. The minimum Gasteiger partial charge on any atom is -0.382 e. The lowest BCUT2D eigenvalue weighted by Crippen LogP contribution is -2.28. The van der Waals surface area contributed by atoms with Crippen molar-refractivity contribution in [2.24, 2.45) is 5.73 Å². The predicted molar refractivity (Wildman–Crippen MR) is 80.3 cm³/mol. The SMILES string of the molecule is NC(=O)COCCNC(=O)c1sc(N2CCCC2)nc1N. The smallest absolute Gasteiger partial charge is 0.265 e. The van der Waals surface area contributed by atoms with Gasteiger partial charge in [0.15, 0.2) is 5.13 Å². The Morgan fingerprint density at radius 1 is 1.38 bits per heavy atom. The maximum Gasteiger partial charge on any atom is 0.265 e. The lowest BCUT2D eigenvalue weighted by Gasteiger charge is -2.11. The molecule has 5 N–H and O–H groups in total. The van der Waals surface area contributed by atoms with Gasteiger partial charge in [0.25, 0.3) is 5.91 Å². The molecule has 1 aromatic heterocycles. The van der Waals surface area contributed by atoms with Crippen molar-refractivity contribution in [2.75, 3.05) is 43.5 Å². The molecular formula is C12H19N5O3S. The first-order chi connectivity index (χ1) is 10.1. The molecule has 2 heterocycles. The number of carbonyl (C=O) groups excluding carboxylic acids is 2. The standard InChI is InChI=1S/C12H19N5O3S/c13-8(18)7-20-6-3-15-11(19)9-10(14)16-12(21-9)17-4-1-2-5-17/h1-7,14H2,(H2,13,18)(H,15,19). The number of nitrogen functional groups attached to an aromatic ring is 1. The van der Waals surface area contributed by atoms with Crippen LogP contribution in [0, 0.1) is 0 Å². The average molecular weight is 313 g/mol. The van der Waals surface area contributed by atoms with Gasteiger partial charge in [-0.25, -0.2) is 4.98 Å². The molecule has 0 saturated carbocycles. The van der Waals surface area contributed by atoms with E-state index in [0.717, 1.165) is 31.1 Å². The molecule has 1 aliphatic heterocycles. The van der Waals surface area contributed by atoms with Gasteiger partial charge >= 0.3 is 0 Å². The number of nitrogens with two attached hydrogens (primary N) is 2. The molecule has 1 aromatic rings. The molecule has 116 valence electrons. The van der Waals surface area contributed by atoms with Crippen molar-refractivity contribution in [2.45, 2.75) is 12.8 Å². The zero-order chi connectivity index (χ0) is 15.2. The van der Waals surface area contributed by atoms with Crippen LogP contribution >= 0.6 is 11.3 Å². The van der Waals surface area contributed by atoms with Gasteiger partial charge in [-0.2, -0.15) is 0 Å². The van der Waals surface area contributed by atoms with E-state index in [-0.39, 0.29) is 31.5 Å². The third-order valence-electron chi connectivity index (χ3n) is 3.00.